The van der Waals surface area contributed by atoms with Gasteiger partial charge in [-0.3, -0.25) is 4.79 Å². The summed E-state index contributed by atoms with van der Waals surface area (Å²) in [5, 5.41) is 12.7. The number of phenols is 1. The number of ether oxygens (including phenoxy) is 1. The van der Waals surface area contributed by atoms with Gasteiger partial charge in [-0.15, -0.1) is 11.3 Å². The SMILES string of the molecule is C/C=C\C.CC.CC/C=C(\C)OCCNC(=O)c1cc(-c2ccc(O)cc2)sc1NON. The fourth-order valence-corrected chi connectivity index (χ4v) is 3.28. The summed E-state index contributed by atoms with van der Waals surface area (Å²) >= 11 is 1.32. The molecule has 0 aliphatic carbocycles. The summed E-state index contributed by atoms with van der Waals surface area (Å²) in [4.78, 5) is 17.8. The number of hydrogen-bond acceptors (Lipinski definition) is 7. The molecule has 2 aromatic rings. The fraction of sp³-hybridized carbons (Fsp3) is 0.375. The van der Waals surface area contributed by atoms with Gasteiger partial charge in [-0.1, -0.05) is 32.9 Å². The lowest BCUT2D eigenvalue weighted by atomic mass is 10.1. The standard InChI is InChI=1S/C18H23N3O4S.C4H8.C2H6/c1-3-4-12(2)24-10-9-20-17(23)15-11-16(26-18(15)21-25-19)13-5-7-14(22)8-6-13;1-3-4-2;1-2/h4-8,11,21-22H,3,9-10,19H2,1-2H3,(H,20,23);3-4H,1-2H3;1-2H3/b12-4+;4-3-;. The molecule has 1 amide bonds. The first-order chi connectivity index (χ1) is 15.5. The number of phenolic OH excluding ortho intramolecular Hbond substituents is 1. The zero-order valence-electron chi connectivity index (χ0n) is 19.9. The number of aromatic hydroxyl groups is 1. The normalized spacial score (nSPS) is 10.5. The smallest absolute Gasteiger partial charge is 0.254 e. The second-order valence-corrected chi connectivity index (χ2v) is 7.17. The maximum absolute atomic E-state index is 12.5. The summed E-state index contributed by atoms with van der Waals surface area (Å²) in [6.45, 7) is 12.7. The molecule has 0 saturated carbocycles. The first kappa shape index (κ1) is 29.2. The van der Waals surface area contributed by atoms with Crippen LogP contribution in [0.4, 0.5) is 5.00 Å². The Kier molecular flexibility index (Phi) is 16.3. The van der Waals surface area contributed by atoms with E-state index in [1.165, 1.54) is 11.3 Å². The van der Waals surface area contributed by atoms with Gasteiger partial charge >= 0.3 is 0 Å². The van der Waals surface area contributed by atoms with E-state index in [1.807, 2.05) is 59.8 Å². The molecule has 0 unspecified atom stereocenters. The maximum Gasteiger partial charge on any atom is 0.254 e. The molecule has 1 aromatic heterocycles. The summed E-state index contributed by atoms with van der Waals surface area (Å²) in [5.41, 5.74) is 3.82. The number of thiophene rings is 1. The number of rotatable bonds is 9. The number of amides is 1. The van der Waals surface area contributed by atoms with Gasteiger partial charge in [-0.2, -0.15) is 10.8 Å². The topological polar surface area (TPSA) is 106 Å². The summed E-state index contributed by atoms with van der Waals surface area (Å²) in [7, 11) is 0. The van der Waals surface area contributed by atoms with Crippen LogP contribution < -0.4 is 16.7 Å². The number of nitrogens with two attached hydrogens (primary N) is 1. The van der Waals surface area contributed by atoms with Gasteiger partial charge in [-0.25, -0.2) is 5.48 Å². The van der Waals surface area contributed by atoms with E-state index in [0.717, 1.165) is 22.6 Å². The van der Waals surface area contributed by atoms with Crippen LogP contribution in [0.2, 0.25) is 0 Å². The largest absolute Gasteiger partial charge is 0.508 e. The van der Waals surface area contributed by atoms with Crippen molar-refractivity contribution in [3.63, 3.8) is 0 Å². The minimum Gasteiger partial charge on any atom is -0.508 e. The lowest BCUT2D eigenvalue weighted by Crippen LogP contribution is -2.27. The highest BCUT2D eigenvalue weighted by Gasteiger charge is 2.17. The Balaban J connectivity index is 0.00000144. The predicted molar refractivity (Wildman–Crippen MR) is 134 cm³/mol. The molecule has 32 heavy (non-hydrogen) atoms. The van der Waals surface area contributed by atoms with Gasteiger partial charge in [0.1, 0.15) is 17.4 Å². The molecule has 5 N–H and O–H groups in total. The molecule has 0 aliphatic rings. The molecule has 0 saturated heterocycles. The molecule has 0 spiro atoms. The van der Waals surface area contributed by atoms with Crippen molar-refractivity contribution < 1.29 is 19.6 Å². The van der Waals surface area contributed by atoms with E-state index in [2.05, 4.69) is 15.7 Å². The van der Waals surface area contributed by atoms with E-state index in [9.17, 15) is 9.90 Å². The maximum atomic E-state index is 12.5. The third-order valence-corrected chi connectivity index (χ3v) is 4.90. The fourth-order valence-electron chi connectivity index (χ4n) is 2.28. The van der Waals surface area contributed by atoms with Crippen LogP contribution in [0.25, 0.3) is 10.4 Å². The second-order valence-electron chi connectivity index (χ2n) is 6.11. The molecule has 1 heterocycles. The van der Waals surface area contributed by atoms with Crippen LogP contribution in [0.1, 0.15) is 58.3 Å². The summed E-state index contributed by atoms with van der Waals surface area (Å²) in [5.74, 6) is 5.85. The molecule has 178 valence electrons. The number of carbonyl (C=O) groups excluding carboxylic acids is 1. The van der Waals surface area contributed by atoms with Crippen molar-refractivity contribution >= 4 is 22.2 Å². The molecule has 0 fully saturated rings. The average molecular weight is 464 g/mol. The Labute approximate surface area is 195 Å². The first-order valence-electron chi connectivity index (χ1n) is 10.7. The number of hydrogen-bond donors (Lipinski definition) is 4. The second kappa shape index (κ2) is 17.8. The van der Waals surface area contributed by atoms with Gasteiger partial charge < -0.3 is 15.2 Å². The molecule has 0 radical (unpaired) electrons. The Morgan fingerprint density at radius 2 is 1.81 bits per heavy atom. The van der Waals surface area contributed by atoms with Crippen molar-refractivity contribution in [2.45, 2.75) is 48.0 Å². The van der Waals surface area contributed by atoms with E-state index >= 15 is 0 Å². The third-order valence-electron chi connectivity index (χ3n) is 3.82. The number of benzene rings is 1. The van der Waals surface area contributed by atoms with Crippen molar-refractivity contribution in [2.24, 2.45) is 5.90 Å². The van der Waals surface area contributed by atoms with Crippen molar-refractivity contribution in [3.8, 4) is 16.2 Å². The van der Waals surface area contributed by atoms with Crippen molar-refractivity contribution in [2.75, 3.05) is 18.6 Å². The lowest BCUT2D eigenvalue weighted by Gasteiger charge is -2.08. The third kappa shape index (κ3) is 11.0. The van der Waals surface area contributed by atoms with Crippen LogP contribution in [0.3, 0.4) is 0 Å². The molecular weight excluding hydrogens is 426 g/mol. The Morgan fingerprint density at radius 3 is 2.34 bits per heavy atom. The molecular formula is C24H37N3O4S. The molecule has 1 aromatic carbocycles. The van der Waals surface area contributed by atoms with Crippen LogP contribution in [-0.2, 0) is 9.68 Å². The van der Waals surface area contributed by atoms with E-state index in [1.54, 1.807) is 30.3 Å². The average Bonchev–Trinajstić information content (AvgIpc) is 3.23. The monoisotopic (exact) mass is 463 g/mol. The zero-order valence-corrected chi connectivity index (χ0v) is 20.7. The van der Waals surface area contributed by atoms with Crippen LogP contribution in [0.5, 0.6) is 5.75 Å². The minimum absolute atomic E-state index is 0.180. The Bertz CT molecular complexity index is 826. The van der Waals surface area contributed by atoms with E-state index in [4.69, 9.17) is 10.6 Å². The molecule has 0 bridgehead atoms. The highest BCUT2D eigenvalue weighted by molar-refractivity contribution is 7.19. The summed E-state index contributed by atoms with van der Waals surface area (Å²) in [6.07, 6.45) is 6.88. The molecule has 0 aliphatic heterocycles. The number of carbonyl (C=O) groups is 1. The summed E-state index contributed by atoms with van der Waals surface area (Å²) in [6, 6.07) is 8.46. The van der Waals surface area contributed by atoms with Gasteiger partial charge in [-0.05, 0) is 69.2 Å². The van der Waals surface area contributed by atoms with Crippen LogP contribution >= 0.6 is 11.3 Å². The number of allylic oxidation sites excluding steroid dienone is 4. The molecule has 0 atom stereocenters. The first-order valence-corrected chi connectivity index (χ1v) is 11.5. The van der Waals surface area contributed by atoms with E-state index < -0.39 is 0 Å². The van der Waals surface area contributed by atoms with E-state index in [-0.39, 0.29) is 11.7 Å². The van der Waals surface area contributed by atoms with Gasteiger partial charge in [0, 0.05) is 4.88 Å². The number of anilines is 1. The van der Waals surface area contributed by atoms with Gasteiger partial charge in [0.05, 0.1) is 17.9 Å². The van der Waals surface area contributed by atoms with Crippen LogP contribution in [-0.4, -0.2) is 24.2 Å². The van der Waals surface area contributed by atoms with Crippen LogP contribution in [0.15, 0.2) is 54.3 Å². The van der Waals surface area contributed by atoms with Crippen molar-refractivity contribution in [3.05, 3.63) is 59.9 Å². The Hall–Kier alpha value is -2.81. The zero-order chi connectivity index (χ0) is 24.4. The van der Waals surface area contributed by atoms with Crippen molar-refractivity contribution in [1.29, 1.82) is 0 Å². The van der Waals surface area contributed by atoms with Crippen LogP contribution in [0, 0.1) is 0 Å². The Morgan fingerprint density at radius 1 is 1.19 bits per heavy atom. The van der Waals surface area contributed by atoms with Gasteiger partial charge in [0.2, 0.25) is 0 Å². The highest BCUT2D eigenvalue weighted by atomic mass is 32.1. The molecule has 8 heteroatoms. The van der Waals surface area contributed by atoms with E-state index in [0.29, 0.717) is 23.7 Å². The number of nitrogens with one attached hydrogen (secondary N) is 2. The van der Waals surface area contributed by atoms with Crippen molar-refractivity contribution in [1.82, 2.24) is 5.32 Å². The highest BCUT2D eigenvalue weighted by Crippen LogP contribution is 2.36. The van der Waals surface area contributed by atoms with Gasteiger partial charge in [0.15, 0.2) is 0 Å². The molecule has 7 nitrogen and oxygen atoms in total. The summed E-state index contributed by atoms with van der Waals surface area (Å²) < 4.78 is 5.50. The van der Waals surface area contributed by atoms with Gasteiger partial charge in [0.25, 0.3) is 5.91 Å². The minimum atomic E-state index is -0.258. The predicted octanol–water partition coefficient (Wildman–Crippen LogP) is 6.01. The lowest BCUT2D eigenvalue weighted by molar-refractivity contribution is 0.0939. The quantitative estimate of drug-likeness (QED) is 0.157. The molecule has 2 rings (SSSR count).